The molecule has 0 radical (unpaired) electrons. The van der Waals surface area contributed by atoms with E-state index in [0.29, 0.717) is 12.0 Å². The van der Waals surface area contributed by atoms with Crippen LogP contribution in [-0.4, -0.2) is 89.5 Å². The summed E-state index contributed by atoms with van der Waals surface area (Å²) in [5.74, 6) is -6.40. The van der Waals surface area contributed by atoms with E-state index in [4.69, 9.17) is 22.0 Å². The molecule has 0 saturated heterocycles. The number of carboxylic acid groups (broad SMARTS) is 2. The lowest BCUT2D eigenvalue weighted by Gasteiger charge is -2.21. The average molecular weight is 551 g/mol. The van der Waals surface area contributed by atoms with E-state index in [-0.39, 0.29) is 31.9 Å². The Labute approximate surface area is 223 Å². The minimum Gasteiger partial charge on any atom is -0.481 e. The highest BCUT2D eigenvalue weighted by Crippen LogP contribution is 2.05. The summed E-state index contributed by atoms with van der Waals surface area (Å²) in [6.45, 7) is -0.815. The van der Waals surface area contributed by atoms with Crippen LogP contribution in [0.15, 0.2) is 30.3 Å². The lowest BCUT2D eigenvalue weighted by molar-refractivity contribution is -0.143. The number of carbonyl (C=O) groups excluding carboxylic acids is 4. The van der Waals surface area contributed by atoms with E-state index in [0.717, 1.165) is 0 Å². The molecule has 1 aromatic carbocycles. The highest BCUT2D eigenvalue weighted by Gasteiger charge is 2.29. The van der Waals surface area contributed by atoms with Crippen LogP contribution in [-0.2, 0) is 35.2 Å². The number of nitrogens with one attached hydrogen (secondary N) is 6. The number of carboxylic acids is 2. The van der Waals surface area contributed by atoms with E-state index >= 15 is 0 Å². The zero-order valence-electron chi connectivity index (χ0n) is 21.1. The molecule has 214 valence electrons. The van der Waals surface area contributed by atoms with Gasteiger partial charge in [-0.05, 0) is 18.4 Å². The molecule has 0 saturated carbocycles. The number of amides is 4. The van der Waals surface area contributed by atoms with E-state index in [1.54, 1.807) is 30.3 Å². The highest BCUT2D eigenvalue weighted by atomic mass is 16.4. The Bertz CT molecular complexity index is 1040. The summed E-state index contributed by atoms with van der Waals surface area (Å²) in [6, 6.07) is 4.33. The van der Waals surface area contributed by atoms with Crippen LogP contribution in [0.25, 0.3) is 0 Å². The first kappa shape index (κ1) is 32.3. The Kier molecular flexibility index (Phi) is 14.0. The topological polar surface area (TPSA) is 279 Å². The first-order valence-corrected chi connectivity index (χ1v) is 11.9. The van der Waals surface area contributed by atoms with Crippen LogP contribution in [0.4, 0.5) is 0 Å². The quantitative estimate of drug-likeness (QED) is 0.0518. The number of hydrogen-bond acceptors (Lipinski definition) is 8. The Morgan fingerprint density at radius 2 is 1.49 bits per heavy atom. The molecule has 3 atom stereocenters. The second-order valence-electron chi connectivity index (χ2n) is 8.33. The van der Waals surface area contributed by atoms with Gasteiger partial charge in [0, 0.05) is 13.0 Å². The van der Waals surface area contributed by atoms with Crippen molar-refractivity contribution < 1.29 is 39.0 Å². The number of guanidine groups is 1. The molecule has 16 heteroatoms. The third-order valence-electron chi connectivity index (χ3n) is 5.17. The Morgan fingerprint density at radius 1 is 0.846 bits per heavy atom. The zero-order valence-corrected chi connectivity index (χ0v) is 21.1. The molecule has 0 bridgehead atoms. The predicted octanol–water partition coefficient (Wildman–Crippen LogP) is -3.42. The van der Waals surface area contributed by atoms with Crippen molar-refractivity contribution in [3.63, 3.8) is 0 Å². The maximum Gasteiger partial charge on any atom is 0.326 e. The number of aliphatic carboxylic acids is 2. The third kappa shape index (κ3) is 13.4. The van der Waals surface area contributed by atoms with Crippen molar-refractivity contribution in [2.45, 2.75) is 43.8 Å². The van der Waals surface area contributed by atoms with E-state index < -0.39 is 66.7 Å². The zero-order chi connectivity index (χ0) is 29.4. The number of rotatable bonds is 17. The maximum absolute atomic E-state index is 12.7. The van der Waals surface area contributed by atoms with Crippen LogP contribution in [0, 0.1) is 5.41 Å². The Balaban J connectivity index is 2.78. The van der Waals surface area contributed by atoms with Gasteiger partial charge in [-0.15, -0.1) is 0 Å². The van der Waals surface area contributed by atoms with E-state index in [9.17, 15) is 33.9 Å². The highest BCUT2D eigenvalue weighted by molar-refractivity contribution is 5.95. The smallest absolute Gasteiger partial charge is 0.326 e. The summed E-state index contributed by atoms with van der Waals surface area (Å²) < 4.78 is 0. The molecule has 0 fully saturated rings. The molecule has 0 unspecified atom stereocenters. The van der Waals surface area contributed by atoms with E-state index in [1.165, 1.54) is 0 Å². The van der Waals surface area contributed by atoms with Gasteiger partial charge in [-0.1, -0.05) is 30.3 Å². The van der Waals surface area contributed by atoms with Gasteiger partial charge in [0.1, 0.15) is 18.1 Å². The molecule has 12 N–H and O–H groups in total. The second kappa shape index (κ2) is 16.9. The van der Waals surface area contributed by atoms with Crippen LogP contribution >= 0.6 is 0 Å². The lowest BCUT2D eigenvalue weighted by Crippen LogP contribution is -2.55. The molecule has 39 heavy (non-hydrogen) atoms. The molecule has 0 aliphatic carbocycles. The first-order chi connectivity index (χ1) is 18.4. The second-order valence-corrected chi connectivity index (χ2v) is 8.33. The molecule has 4 amide bonds. The molecule has 16 nitrogen and oxygen atoms in total. The molecule has 0 aliphatic rings. The summed E-state index contributed by atoms with van der Waals surface area (Å²) in [4.78, 5) is 72.2. The summed E-state index contributed by atoms with van der Waals surface area (Å²) in [6.07, 6.45) is -0.490. The third-order valence-corrected chi connectivity index (χ3v) is 5.17. The summed E-state index contributed by atoms with van der Waals surface area (Å²) in [5, 5.41) is 37.4. The van der Waals surface area contributed by atoms with Gasteiger partial charge in [-0.3, -0.25) is 29.4 Å². The van der Waals surface area contributed by atoms with Crippen LogP contribution in [0.2, 0.25) is 0 Å². The monoisotopic (exact) mass is 550 g/mol. The van der Waals surface area contributed by atoms with E-state index in [1.807, 2.05) is 0 Å². The van der Waals surface area contributed by atoms with E-state index in [2.05, 4.69) is 26.6 Å². The van der Waals surface area contributed by atoms with Gasteiger partial charge < -0.3 is 48.3 Å². The van der Waals surface area contributed by atoms with Crippen molar-refractivity contribution >= 4 is 41.5 Å². The predicted molar refractivity (Wildman–Crippen MR) is 137 cm³/mol. The minimum absolute atomic E-state index is 0.0798. The largest absolute Gasteiger partial charge is 0.481 e. The molecular weight excluding hydrogens is 516 g/mol. The van der Waals surface area contributed by atoms with Crippen molar-refractivity contribution in [2.24, 2.45) is 11.5 Å². The summed E-state index contributed by atoms with van der Waals surface area (Å²) >= 11 is 0. The van der Waals surface area contributed by atoms with Gasteiger partial charge in [0.25, 0.3) is 0 Å². The minimum atomic E-state index is -1.63. The van der Waals surface area contributed by atoms with Crippen molar-refractivity contribution in [2.75, 3.05) is 19.6 Å². The summed E-state index contributed by atoms with van der Waals surface area (Å²) in [7, 11) is 0. The molecular formula is C23H34N8O8. The summed E-state index contributed by atoms with van der Waals surface area (Å²) in [5.41, 5.74) is 11.1. The molecule has 1 rings (SSSR count). The lowest BCUT2D eigenvalue weighted by atomic mass is 10.1. The average Bonchev–Trinajstić information content (AvgIpc) is 2.88. The van der Waals surface area contributed by atoms with Crippen molar-refractivity contribution in [1.82, 2.24) is 26.6 Å². The standard InChI is InChI=1S/C23H34N8O8/c24-11-17(32)29-14(7-4-8-27-23(25)26)20(36)28-12-18(33)30-15(10-19(34)35)21(37)31-16(22(38)39)9-13-5-2-1-3-6-13/h1-3,5-6,14-16H,4,7-12,24H2,(H,28,36)(H,29,32)(H,30,33)(H,31,37)(H,34,35)(H,38,39)(H4,25,26,27)/t14-,15-,16-/m0/s1. The molecule has 0 heterocycles. The normalized spacial score (nSPS) is 12.6. The van der Waals surface area contributed by atoms with Crippen LogP contribution in [0.1, 0.15) is 24.8 Å². The molecule has 0 aromatic heterocycles. The fraction of sp³-hybridized carbons (Fsp3) is 0.435. The van der Waals surface area contributed by atoms with Gasteiger partial charge in [-0.25, -0.2) is 4.79 Å². The number of carbonyl (C=O) groups is 6. The van der Waals surface area contributed by atoms with Crippen LogP contribution in [0.3, 0.4) is 0 Å². The van der Waals surface area contributed by atoms with Crippen molar-refractivity contribution in [3.05, 3.63) is 35.9 Å². The Morgan fingerprint density at radius 3 is 2.05 bits per heavy atom. The number of hydrogen-bond donors (Lipinski definition) is 10. The van der Waals surface area contributed by atoms with Gasteiger partial charge in [0.2, 0.25) is 23.6 Å². The molecule has 0 spiro atoms. The fourth-order valence-electron chi connectivity index (χ4n) is 3.29. The number of benzene rings is 1. The van der Waals surface area contributed by atoms with Crippen LogP contribution < -0.4 is 38.1 Å². The SMILES string of the molecule is N=C(N)NCCC[C@H](NC(=O)CN)C(=O)NCC(=O)N[C@@H](CC(=O)O)C(=O)N[C@@H](Cc1ccccc1)C(=O)O. The molecule has 0 aliphatic heterocycles. The van der Waals surface area contributed by atoms with Crippen molar-refractivity contribution in [3.8, 4) is 0 Å². The van der Waals surface area contributed by atoms with Gasteiger partial charge in [-0.2, -0.15) is 0 Å². The van der Waals surface area contributed by atoms with Crippen molar-refractivity contribution in [1.29, 1.82) is 5.41 Å². The number of nitrogens with two attached hydrogens (primary N) is 2. The Hall–Kier alpha value is -4.73. The fourth-order valence-corrected chi connectivity index (χ4v) is 3.29. The first-order valence-electron chi connectivity index (χ1n) is 11.9. The molecule has 1 aromatic rings. The van der Waals surface area contributed by atoms with Gasteiger partial charge in [0.15, 0.2) is 5.96 Å². The maximum atomic E-state index is 12.7. The van der Waals surface area contributed by atoms with Gasteiger partial charge >= 0.3 is 11.9 Å². The van der Waals surface area contributed by atoms with Crippen LogP contribution in [0.5, 0.6) is 0 Å². The van der Waals surface area contributed by atoms with Gasteiger partial charge in [0.05, 0.1) is 19.5 Å².